The number of ether oxygens (including phenoxy) is 2. The number of thiazole rings is 1. The van der Waals surface area contributed by atoms with Gasteiger partial charge in [0.15, 0.2) is 5.13 Å². The maximum atomic E-state index is 12.5. The Bertz CT molecular complexity index is 1460. The number of carbonyl (C=O) groups is 1. The van der Waals surface area contributed by atoms with Crippen LogP contribution >= 0.6 is 11.3 Å². The Kier molecular flexibility index (Phi) is 8.14. The molecule has 0 saturated heterocycles. The number of nitrogens with one attached hydrogen (secondary N) is 1. The van der Waals surface area contributed by atoms with E-state index in [4.69, 9.17) is 9.47 Å². The van der Waals surface area contributed by atoms with Crippen molar-refractivity contribution in [1.82, 2.24) is 4.98 Å². The van der Waals surface area contributed by atoms with E-state index < -0.39 is 16.2 Å². The average molecular weight is 521 g/mol. The van der Waals surface area contributed by atoms with Crippen LogP contribution in [-0.4, -0.2) is 38.4 Å². The average Bonchev–Trinajstić information content (AvgIpc) is 3.36. The molecule has 36 heavy (non-hydrogen) atoms. The topological polar surface area (TPSA) is 94.6 Å². The number of anilines is 1. The second kappa shape index (κ2) is 11.7. The molecular weight excluding hydrogens is 496 g/mol. The van der Waals surface area contributed by atoms with Gasteiger partial charge in [0.1, 0.15) is 11.5 Å². The van der Waals surface area contributed by atoms with E-state index in [0.717, 1.165) is 33.9 Å². The molecule has 0 saturated carbocycles. The number of carbonyl (C=O) groups excluding carboxylic acids is 1. The molecule has 9 heteroatoms. The lowest BCUT2D eigenvalue weighted by molar-refractivity contribution is -0.111. The van der Waals surface area contributed by atoms with Crippen molar-refractivity contribution in [1.29, 1.82) is 0 Å². The lowest BCUT2D eigenvalue weighted by atomic mass is 9.93. The van der Waals surface area contributed by atoms with Gasteiger partial charge in [-0.3, -0.25) is 10.1 Å². The van der Waals surface area contributed by atoms with Crippen molar-refractivity contribution in [3.63, 3.8) is 0 Å². The Morgan fingerprint density at radius 3 is 2.36 bits per heavy atom. The van der Waals surface area contributed by atoms with Gasteiger partial charge < -0.3 is 9.47 Å². The SMILES string of the molecule is COc1ccc(CC2=CC(=S(=O)=O)C(/C=C/C(=O)Nc3nc(-c4ccc(OC)cc4)cs3)C=C2)cc1. The zero-order chi connectivity index (χ0) is 25.5. The van der Waals surface area contributed by atoms with Crippen LogP contribution in [0.4, 0.5) is 5.13 Å². The molecule has 1 N–H and O–H groups in total. The molecule has 0 spiro atoms. The molecule has 0 aliphatic heterocycles. The first-order valence-electron chi connectivity index (χ1n) is 11.0. The summed E-state index contributed by atoms with van der Waals surface area (Å²) in [4.78, 5) is 17.1. The number of benzene rings is 2. The third-order valence-corrected chi connectivity index (χ3v) is 7.04. The van der Waals surface area contributed by atoms with Gasteiger partial charge in [0.05, 0.1) is 24.8 Å². The molecule has 2 aromatic carbocycles. The minimum absolute atomic E-state index is 0.209. The molecule has 7 nitrogen and oxygen atoms in total. The summed E-state index contributed by atoms with van der Waals surface area (Å²) in [6.45, 7) is 0. The van der Waals surface area contributed by atoms with Crippen molar-refractivity contribution in [2.75, 3.05) is 19.5 Å². The van der Waals surface area contributed by atoms with Crippen molar-refractivity contribution >= 4 is 37.5 Å². The van der Waals surface area contributed by atoms with E-state index in [0.29, 0.717) is 11.6 Å². The second-order valence-corrected chi connectivity index (χ2v) is 9.68. The van der Waals surface area contributed by atoms with E-state index in [2.05, 4.69) is 10.3 Å². The maximum absolute atomic E-state index is 12.5. The molecular formula is C27H24N2O5S2. The molecule has 184 valence electrons. The highest BCUT2D eigenvalue weighted by Gasteiger charge is 2.16. The minimum atomic E-state index is -2.42. The number of methoxy groups -OCH3 is 2. The second-order valence-electron chi connectivity index (χ2n) is 7.88. The smallest absolute Gasteiger partial charge is 0.249 e. The predicted molar refractivity (Wildman–Crippen MR) is 143 cm³/mol. The van der Waals surface area contributed by atoms with Gasteiger partial charge >= 0.3 is 0 Å². The maximum Gasteiger partial charge on any atom is 0.249 e. The molecule has 0 fully saturated rings. The van der Waals surface area contributed by atoms with E-state index in [9.17, 15) is 13.2 Å². The van der Waals surface area contributed by atoms with Crippen LogP contribution in [0.15, 0.2) is 89.9 Å². The van der Waals surface area contributed by atoms with Gasteiger partial charge in [-0.05, 0) is 60.0 Å². The number of hydrogen-bond donors (Lipinski definition) is 1. The third kappa shape index (κ3) is 6.38. The van der Waals surface area contributed by atoms with Crippen LogP contribution in [0.25, 0.3) is 11.3 Å². The van der Waals surface area contributed by atoms with E-state index in [1.165, 1.54) is 17.4 Å². The largest absolute Gasteiger partial charge is 0.497 e. The van der Waals surface area contributed by atoms with Crippen molar-refractivity contribution in [2.24, 2.45) is 5.92 Å². The van der Waals surface area contributed by atoms with E-state index in [-0.39, 0.29) is 10.8 Å². The van der Waals surface area contributed by atoms with Gasteiger partial charge in [0.25, 0.3) is 0 Å². The third-order valence-electron chi connectivity index (χ3n) is 5.51. The monoisotopic (exact) mass is 520 g/mol. The van der Waals surface area contributed by atoms with Gasteiger partial charge in [-0.1, -0.05) is 30.4 Å². The summed E-state index contributed by atoms with van der Waals surface area (Å²) in [6.07, 6.45) is 8.80. The molecule has 3 aromatic rings. The van der Waals surface area contributed by atoms with Crippen molar-refractivity contribution < 1.29 is 22.7 Å². The molecule has 1 heterocycles. The van der Waals surface area contributed by atoms with Crippen LogP contribution in [0.5, 0.6) is 11.5 Å². The highest BCUT2D eigenvalue weighted by atomic mass is 32.2. The zero-order valence-electron chi connectivity index (χ0n) is 19.7. The summed E-state index contributed by atoms with van der Waals surface area (Å²) < 4.78 is 34.1. The van der Waals surface area contributed by atoms with Crippen molar-refractivity contribution in [3.05, 3.63) is 95.4 Å². The lowest BCUT2D eigenvalue weighted by Crippen LogP contribution is -2.15. The van der Waals surface area contributed by atoms with Crippen molar-refractivity contribution in [3.8, 4) is 22.8 Å². The van der Waals surface area contributed by atoms with Crippen LogP contribution in [0.1, 0.15) is 5.56 Å². The summed E-state index contributed by atoms with van der Waals surface area (Å²) in [5.41, 5.74) is 3.55. The van der Waals surface area contributed by atoms with Gasteiger partial charge in [-0.2, -0.15) is 8.42 Å². The van der Waals surface area contributed by atoms with Gasteiger partial charge in [0.2, 0.25) is 16.2 Å². The van der Waals surface area contributed by atoms with Gasteiger partial charge in [-0.15, -0.1) is 11.3 Å². The van der Waals surface area contributed by atoms with Gasteiger partial charge in [0, 0.05) is 22.9 Å². The Labute approximate surface area is 215 Å². The number of allylic oxidation sites excluding steroid dienone is 5. The highest BCUT2D eigenvalue weighted by molar-refractivity contribution is 7.73. The molecule has 0 radical (unpaired) electrons. The summed E-state index contributed by atoms with van der Waals surface area (Å²) >= 11 is 1.31. The lowest BCUT2D eigenvalue weighted by Gasteiger charge is -2.14. The van der Waals surface area contributed by atoms with Crippen LogP contribution in [-0.2, 0) is 21.5 Å². The quantitative estimate of drug-likeness (QED) is 0.341. The first-order chi connectivity index (χ1) is 17.4. The number of rotatable bonds is 8. The predicted octanol–water partition coefficient (Wildman–Crippen LogP) is 4.73. The highest BCUT2D eigenvalue weighted by Crippen LogP contribution is 2.26. The van der Waals surface area contributed by atoms with Crippen LogP contribution < -0.4 is 14.8 Å². The van der Waals surface area contributed by atoms with E-state index in [1.54, 1.807) is 32.4 Å². The fraction of sp³-hybridized carbons (Fsp3) is 0.148. The molecule has 1 atom stereocenters. The zero-order valence-corrected chi connectivity index (χ0v) is 21.3. The minimum Gasteiger partial charge on any atom is -0.497 e. The summed E-state index contributed by atoms with van der Waals surface area (Å²) in [7, 11) is 0.792. The Morgan fingerprint density at radius 2 is 1.72 bits per heavy atom. The Balaban J connectivity index is 1.39. The van der Waals surface area contributed by atoms with Crippen LogP contribution in [0.3, 0.4) is 0 Å². The van der Waals surface area contributed by atoms with E-state index >= 15 is 0 Å². The summed E-state index contributed by atoms with van der Waals surface area (Å²) in [5.74, 6) is 0.600. The fourth-order valence-corrected chi connectivity index (χ4v) is 4.97. The summed E-state index contributed by atoms with van der Waals surface area (Å²) in [5, 5.41) is 5.04. The van der Waals surface area contributed by atoms with Crippen LogP contribution in [0, 0.1) is 5.92 Å². The summed E-state index contributed by atoms with van der Waals surface area (Å²) in [6, 6.07) is 15.1. The van der Waals surface area contributed by atoms with Crippen molar-refractivity contribution in [2.45, 2.75) is 6.42 Å². The molecule has 1 aliphatic carbocycles. The molecule has 1 unspecified atom stereocenters. The molecule has 1 aromatic heterocycles. The van der Waals surface area contributed by atoms with E-state index in [1.807, 2.05) is 60.0 Å². The standard InChI is InChI=1S/C27H24N2O5S2/c1-33-22-10-4-18(5-11-22)15-19-3-6-21(25(16-19)36(31)32)9-14-26(30)29-27-28-24(17-35-27)20-7-12-23(34-2)13-8-20/h3-14,16-17,21H,15H2,1-2H3,(H,28,29,30)/b14-9+. The first kappa shape index (κ1) is 25.2. The normalized spacial score (nSPS) is 15.0. The molecule has 1 amide bonds. The molecule has 1 aliphatic rings. The Hall–Kier alpha value is -3.95. The number of nitrogens with zero attached hydrogens (tertiary/aromatic N) is 1. The molecule has 4 rings (SSSR count). The number of hydrogen-bond acceptors (Lipinski definition) is 7. The van der Waals surface area contributed by atoms with Gasteiger partial charge in [-0.25, -0.2) is 4.98 Å². The Morgan fingerprint density at radius 1 is 1.06 bits per heavy atom. The first-order valence-corrected chi connectivity index (χ1v) is 13.0. The number of aromatic nitrogens is 1. The number of amides is 1. The molecule has 0 bridgehead atoms. The van der Waals surface area contributed by atoms with Crippen LogP contribution in [0.2, 0.25) is 0 Å². The fourth-order valence-electron chi connectivity index (χ4n) is 3.62.